The molecule has 0 radical (unpaired) electrons. The maximum absolute atomic E-state index is 14.9. The number of alkyl halides is 3. The van der Waals surface area contributed by atoms with Crippen molar-refractivity contribution in [1.29, 1.82) is 0 Å². The van der Waals surface area contributed by atoms with Crippen molar-refractivity contribution in [1.82, 2.24) is 0 Å². The van der Waals surface area contributed by atoms with Crippen molar-refractivity contribution in [2.24, 2.45) is 23.7 Å². The maximum Gasteiger partial charge on any atom is 0.419 e. The summed E-state index contributed by atoms with van der Waals surface area (Å²) in [6.45, 7) is 4.67. The molecule has 0 aliphatic heterocycles. The van der Waals surface area contributed by atoms with Gasteiger partial charge in [0.05, 0.1) is 6.61 Å². The van der Waals surface area contributed by atoms with E-state index in [2.05, 4.69) is 13.8 Å². The molecule has 0 atom stereocenters. The van der Waals surface area contributed by atoms with E-state index in [1.807, 2.05) is 6.08 Å². The molecule has 0 heterocycles. The van der Waals surface area contributed by atoms with Crippen LogP contribution in [0.3, 0.4) is 0 Å². The summed E-state index contributed by atoms with van der Waals surface area (Å²) < 4.78 is 61.5. The molecule has 0 aromatic heterocycles. The van der Waals surface area contributed by atoms with Crippen LogP contribution in [-0.4, -0.2) is 6.61 Å². The molecule has 0 N–H and O–H groups in total. The number of hydrogen-bond acceptors (Lipinski definition) is 1. The Balaban J connectivity index is 1.67. The molecule has 2 fully saturated rings. The Morgan fingerprint density at radius 3 is 2.23 bits per heavy atom. The van der Waals surface area contributed by atoms with Crippen LogP contribution in [0.25, 0.3) is 6.08 Å². The highest BCUT2D eigenvalue weighted by Gasteiger charge is 2.38. The van der Waals surface area contributed by atoms with Gasteiger partial charge in [-0.25, -0.2) is 4.39 Å². The second-order valence-electron chi connectivity index (χ2n) is 9.71. The summed E-state index contributed by atoms with van der Waals surface area (Å²) in [5, 5.41) is 0. The van der Waals surface area contributed by atoms with E-state index in [4.69, 9.17) is 4.74 Å². The molecule has 1 aromatic rings. The molecule has 0 saturated heterocycles. The van der Waals surface area contributed by atoms with Crippen molar-refractivity contribution in [2.75, 3.05) is 6.61 Å². The van der Waals surface area contributed by atoms with E-state index >= 15 is 0 Å². The van der Waals surface area contributed by atoms with Crippen LogP contribution in [0.4, 0.5) is 17.6 Å². The van der Waals surface area contributed by atoms with Crippen LogP contribution in [0.1, 0.15) is 89.2 Å². The van der Waals surface area contributed by atoms with E-state index in [9.17, 15) is 17.6 Å². The fourth-order valence-electron chi connectivity index (χ4n) is 5.13. The zero-order chi connectivity index (χ0) is 22.4. The maximum atomic E-state index is 14.9. The van der Waals surface area contributed by atoms with Gasteiger partial charge in [-0.15, -0.1) is 0 Å². The topological polar surface area (TPSA) is 9.23 Å². The van der Waals surface area contributed by atoms with Crippen molar-refractivity contribution >= 4 is 6.08 Å². The van der Waals surface area contributed by atoms with Gasteiger partial charge in [-0.1, -0.05) is 70.6 Å². The lowest BCUT2D eigenvalue weighted by Crippen LogP contribution is -2.21. The molecule has 1 nitrogen and oxygen atoms in total. The van der Waals surface area contributed by atoms with Crippen LogP contribution in [0, 0.1) is 29.5 Å². The van der Waals surface area contributed by atoms with Gasteiger partial charge in [0.15, 0.2) is 11.6 Å². The van der Waals surface area contributed by atoms with Crippen LogP contribution < -0.4 is 4.74 Å². The first-order chi connectivity index (χ1) is 14.8. The van der Waals surface area contributed by atoms with Crippen molar-refractivity contribution in [2.45, 2.75) is 84.2 Å². The van der Waals surface area contributed by atoms with Gasteiger partial charge in [-0.2, -0.15) is 13.2 Å². The highest BCUT2D eigenvalue weighted by atomic mass is 19.4. The highest BCUT2D eigenvalue weighted by Crippen LogP contribution is 2.39. The van der Waals surface area contributed by atoms with Crippen molar-refractivity contribution < 1.29 is 22.3 Å². The van der Waals surface area contributed by atoms with E-state index in [-0.39, 0.29) is 29.8 Å². The Morgan fingerprint density at radius 2 is 1.61 bits per heavy atom. The Labute approximate surface area is 184 Å². The SMILES string of the molecule is CCCC1CCC(COc2ccc(/C=C/C3CCC(C)CC3)c(C(F)(F)F)c2F)CC1. The van der Waals surface area contributed by atoms with Gasteiger partial charge in [-0.05, 0) is 61.0 Å². The molecule has 5 heteroatoms. The first kappa shape index (κ1) is 24.1. The molecule has 3 rings (SSSR count). The smallest absolute Gasteiger partial charge is 0.419 e. The van der Waals surface area contributed by atoms with Crippen LogP contribution in [-0.2, 0) is 6.18 Å². The second-order valence-corrected chi connectivity index (χ2v) is 9.71. The quantitative estimate of drug-likeness (QED) is 0.385. The summed E-state index contributed by atoms with van der Waals surface area (Å²) in [7, 11) is 0. The third-order valence-electron chi connectivity index (χ3n) is 7.17. The molecule has 31 heavy (non-hydrogen) atoms. The Bertz CT molecular complexity index is 724. The van der Waals surface area contributed by atoms with Crippen molar-refractivity contribution in [3.8, 4) is 5.75 Å². The average molecular weight is 441 g/mol. The van der Waals surface area contributed by atoms with Gasteiger partial charge < -0.3 is 4.74 Å². The first-order valence-electron chi connectivity index (χ1n) is 12.0. The molecule has 1 aromatic carbocycles. The monoisotopic (exact) mass is 440 g/mol. The Kier molecular flexibility index (Phi) is 8.46. The lowest BCUT2D eigenvalue weighted by atomic mass is 9.80. The van der Waals surface area contributed by atoms with Crippen LogP contribution in [0.15, 0.2) is 18.2 Å². The molecule has 2 aliphatic carbocycles. The van der Waals surface area contributed by atoms with Crippen LogP contribution in [0.2, 0.25) is 0 Å². The Hall–Kier alpha value is -1.52. The summed E-state index contributed by atoms with van der Waals surface area (Å²) in [6.07, 6.45) is 9.29. The number of allylic oxidation sites excluding steroid dienone is 1. The minimum absolute atomic E-state index is 0.115. The zero-order valence-electron chi connectivity index (χ0n) is 18.8. The summed E-state index contributed by atoms with van der Waals surface area (Å²) >= 11 is 0. The van der Waals surface area contributed by atoms with Crippen molar-refractivity contribution in [3.63, 3.8) is 0 Å². The summed E-state index contributed by atoms with van der Waals surface area (Å²) in [6, 6.07) is 2.71. The standard InChI is InChI=1S/C26H36F4O/c1-3-4-19-9-11-21(12-10-19)17-31-23-16-15-22(24(25(23)27)26(28,29)30)14-13-20-7-5-18(2)6-8-20/h13-16,18-21H,3-12,17H2,1-2H3/b14-13+. The average Bonchev–Trinajstić information content (AvgIpc) is 2.73. The van der Waals surface area contributed by atoms with E-state index in [1.165, 1.54) is 31.1 Å². The van der Waals surface area contributed by atoms with E-state index in [1.54, 1.807) is 0 Å². The zero-order valence-corrected chi connectivity index (χ0v) is 18.8. The van der Waals surface area contributed by atoms with E-state index < -0.39 is 17.6 Å². The van der Waals surface area contributed by atoms with Gasteiger partial charge in [0.25, 0.3) is 0 Å². The van der Waals surface area contributed by atoms with Gasteiger partial charge in [-0.3, -0.25) is 0 Å². The van der Waals surface area contributed by atoms with Gasteiger partial charge in [0, 0.05) is 0 Å². The molecule has 0 amide bonds. The van der Waals surface area contributed by atoms with Crippen LogP contribution >= 0.6 is 0 Å². The predicted molar refractivity (Wildman–Crippen MR) is 117 cm³/mol. The summed E-state index contributed by atoms with van der Waals surface area (Å²) in [5.41, 5.74) is -1.33. The predicted octanol–water partition coefficient (Wildman–Crippen LogP) is 8.67. The third kappa shape index (κ3) is 6.73. The summed E-state index contributed by atoms with van der Waals surface area (Å²) in [4.78, 5) is 0. The molecule has 0 spiro atoms. The minimum atomic E-state index is -4.76. The lowest BCUT2D eigenvalue weighted by molar-refractivity contribution is -0.140. The molecule has 2 saturated carbocycles. The third-order valence-corrected chi connectivity index (χ3v) is 7.17. The molecular formula is C26H36F4O. The fourth-order valence-corrected chi connectivity index (χ4v) is 5.13. The van der Waals surface area contributed by atoms with E-state index in [0.29, 0.717) is 5.92 Å². The lowest BCUT2D eigenvalue weighted by Gasteiger charge is -2.28. The number of benzene rings is 1. The largest absolute Gasteiger partial charge is 0.490 e. The highest BCUT2D eigenvalue weighted by molar-refractivity contribution is 5.57. The normalized spacial score (nSPS) is 27.5. The fraction of sp³-hybridized carbons (Fsp3) is 0.692. The minimum Gasteiger partial charge on any atom is -0.490 e. The number of halogens is 4. The van der Waals surface area contributed by atoms with Gasteiger partial charge >= 0.3 is 6.18 Å². The van der Waals surface area contributed by atoms with Crippen LogP contribution in [0.5, 0.6) is 5.75 Å². The first-order valence-corrected chi connectivity index (χ1v) is 12.0. The number of hydrogen-bond donors (Lipinski definition) is 0. The molecule has 2 aliphatic rings. The molecule has 0 bridgehead atoms. The second kappa shape index (κ2) is 10.9. The van der Waals surface area contributed by atoms with Gasteiger partial charge in [0.2, 0.25) is 0 Å². The molecule has 174 valence electrons. The van der Waals surface area contributed by atoms with E-state index in [0.717, 1.165) is 57.3 Å². The number of ether oxygens (including phenoxy) is 1. The molecular weight excluding hydrogens is 404 g/mol. The van der Waals surface area contributed by atoms with Gasteiger partial charge in [0.1, 0.15) is 5.56 Å². The molecule has 0 unspecified atom stereocenters. The number of rotatable bonds is 7. The van der Waals surface area contributed by atoms with Crippen molar-refractivity contribution in [3.05, 3.63) is 35.2 Å². The summed E-state index contributed by atoms with van der Waals surface area (Å²) in [5.74, 6) is 0.395. The Morgan fingerprint density at radius 1 is 0.968 bits per heavy atom.